The number of ether oxygens (including phenoxy) is 2. The van der Waals surface area contributed by atoms with Gasteiger partial charge in [0.1, 0.15) is 23.0 Å². The summed E-state index contributed by atoms with van der Waals surface area (Å²) in [5, 5.41) is 3.62. The minimum absolute atomic E-state index is 0.0247. The van der Waals surface area contributed by atoms with E-state index < -0.39 is 0 Å². The summed E-state index contributed by atoms with van der Waals surface area (Å²) in [6.07, 6.45) is 0. The number of rotatable bonds is 3. The van der Waals surface area contributed by atoms with E-state index in [0.717, 1.165) is 51.1 Å². The van der Waals surface area contributed by atoms with E-state index in [4.69, 9.17) is 9.47 Å². The normalized spacial score (nSPS) is 13.2. The summed E-state index contributed by atoms with van der Waals surface area (Å²) in [4.78, 5) is 2.39. The SMILES string of the molecule is Cc1ccc(N(c2ccc(C)cc2)c2cc3c(c4c5ccccc5n(C)c24)B2c4sc5ccc(C(C)(C)C)cc5c4Oc4cc(C)cc(c42)O3)cc1. The lowest BCUT2D eigenvalue weighted by atomic mass is 9.37. The lowest BCUT2D eigenvalue weighted by molar-refractivity contribution is 0.467. The molecule has 0 aliphatic carbocycles. The van der Waals surface area contributed by atoms with Gasteiger partial charge in [-0.15, -0.1) is 11.3 Å². The lowest BCUT2D eigenvalue weighted by Crippen LogP contribution is -2.56. The molecule has 0 radical (unpaired) electrons. The van der Waals surface area contributed by atoms with Crippen LogP contribution in [0.25, 0.3) is 31.9 Å². The van der Waals surface area contributed by atoms with Gasteiger partial charge in [0.05, 0.1) is 11.2 Å². The van der Waals surface area contributed by atoms with Crippen LogP contribution in [0.5, 0.6) is 23.0 Å². The van der Waals surface area contributed by atoms with Crippen LogP contribution in [0.2, 0.25) is 0 Å². The first-order valence-corrected chi connectivity index (χ1v) is 18.9. The van der Waals surface area contributed by atoms with Crippen molar-refractivity contribution in [3.8, 4) is 23.0 Å². The number of anilines is 3. The summed E-state index contributed by atoms with van der Waals surface area (Å²) in [7, 11) is 2.21. The molecule has 2 aromatic heterocycles. The summed E-state index contributed by atoms with van der Waals surface area (Å²) < 4.78 is 18.9. The molecule has 0 N–H and O–H groups in total. The number of thiophene rings is 1. The van der Waals surface area contributed by atoms with Crippen molar-refractivity contribution < 1.29 is 9.47 Å². The number of hydrogen-bond donors (Lipinski definition) is 0. The molecule has 0 saturated carbocycles. The Morgan fingerprint density at radius 3 is 1.96 bits per heavy atom. The molecule has 254 valence electrons. The highest BCUT2D eigenvalue weighted by Crippen LogP contribution is 2.48. The van der Waals surface area contributed by atoms with Crippen LogP contribution in [0.1, 0.15) is 43.0 Å². The number of aromatic nitrogens is 1. The highest BCUT2D eigenvalue weighted by atomic mass is 32.1. The van der Waals surface area contributed by atoms with Gasteiger partial charge in [-0.3, -0.25) is 0 Å². The molecule has 2 aliphatic rings. The number of fused-ring (bicyclic) bond motifs is 10. The quantitative estimate of drug-likeness (QED) is 0.172. The molecule has 0 saturated heterocycles. The van der Waals surface area contributed by atoms with Crippen LogP contribution < -0.4 is 30.1 Å². The maximum atomic E-state index is 7.11. The van der Waals surface area contributed by atoms with Crippen molar-refractivity contribution in [1.29, 1.82) is 0 Å². The molecule has 2 aliphatic heterocycles. The van der Waals surface area contributed by atoms with Crippen molar-refractivity contribution >= 4 is 82.7 Å². The van der Waals surface area contributed by atoms with E-state index in [2.05, 4.69) is 167 Å². The largest absolute Gasteiger partial charge is 0.458 e. The Morgan fingerprint density at radius 1 is 0.654 bits per heavy atom. The first kappa shape index (κ1) is 31.3. The van der Waals surface area contributed by atoms with Gasteiger partial charge >= 0.3 is 0 Å². The summed E-state index contributed by atoms with van der Waals surface area (Å²) in [6.45, 7) is 13.2. The number of hydrogen-bond acceptors (Lipinski definition) is 4. The van der Waals surface area contributed by atoms with Gasteiger partial charge in [-0.2, -0.15) is 0 Å². The predicted molar refractivity (Wildman–Crippen MR) is 221 cm³/mol. The molecule has 0 bridgehead atoms. The third-order valence-electron chi connectivity index (χ3n) is 11.0. The highest BCUT2D eigenvalue weighted by Gasteiger charge is 2.45. The molecule has 6 aromatic carbocycles. The maximum absolute atomic E-state index is 7.11. The Kier molecular flexibility index (Phi) is 6.63. The Bertz CT molecular complexity index is 2720. The van der Waals surface area contributed by atoms with Gasteiger partial charge in [-0.05, 0) is 97.4 Å². The van der Waals surface area contributed by atoms with Crippen LogP contribution in [0.15, 0.2) is 109 Å². The predicted octanol–water partition coefficient (Wildman–Crippen LogP) is 11.0. The number of nitrogens with zero attached hydrogens (tertiary/aromatic N) is 2. The van der Waals surface area contributed by atoms with Gasteiger partial charge in [-0.25, -0.2) is 0 Å². The van der Waals surface area contributed by atoms with E-state index in [0.29, 0.717) is 0 Å². The van der Waals surface area contributed by atoms with E-state index in [9.17, 15) is 0 Å². The summed E-state index contributed by atoms with van der Waals surface area (Å²) in [5.41, 5.74) is 12.9. The molecular formula is C46H39BN2O2S. The molecular weight excluding hydrogens is 655 g/mol. The zero-order valence-electron chi connectivity index (χ0n) is 30.6. The zero-order valence-corrected chi connectivity index (χ0v) is 31.4. The molecule has 10 rings (SSSR count). The molecule has 0 atom stereocenters. The first-order chi connectivity index (χ1) is 25.0. The van der Waals surface area contributed by atoms with Gasteiger partial charge in [-0.1, -0.05) is 80.4 Å². The smallest absolute Gasteiger partial charge is 0.274 e. The van der Waals surface area contributed by atoms with Crippen LogP contribution in [-0.4, -0.2) is 11.3 Å². The first-order valence-electron chi connectivity index (χ1n) is 18.1. The van der Waals surface area contributed by atoms with Crippen molar-refractivity contribution in [3.63, 3.8) is 0 Å². The molecule has 6 heteroatoms. The molecule has 0 unspecified atom stereocenters. The number of aryl methyl sites for hydroxylation is 4. The highest BCUT2D eigenvalue weighted by molar-refractivity contribution is 7.33. The van der Waals surface area contributed by atoms with Crippen LogP contribution in [-0.2, 0) is 12.5 Å². The average Bonchev–Trinajstić information content (AvgIpc) is 3.64. The number of benzene rings is 6. The summed E-state index contributed by atoms with van der Waals surface area (Å²) in [6, 6.07) is 40.1. The second-order valence-corrected chi connectivity index (χ2v) is 16.8. The van der Waals surface area contributed by atoms with Crippen molar-refractivity contribution in [2.75, 3.05) is 4.90 Å². The second kappa shape index (κ2) is 11.0. The fraction of sp³-hybridized carbons (Fsp3) is 0.174. The summed E-state index contributed by atoms with van der Waals surface area (Å²) >= 11 is 1.86. The van der Waals surface area contributed by atoms with Gasteiger partial charge in [0.15, 0.2) is 0 Å². The fourth-order valence-electron chi connectivity index (χ4n) is 8.39. The van der Waals surface area contributed by atoms with E-state index in [1.807, 2.05) is 11.3 Å². The van der Waals surface area contributed by atoms with Crippen LogP contribution >= 0.6 is 11.3 Å². The second-order valence-electron chi connectivity index (χ2n) is 15.7. The molecule has 0 fully saturated rings. The molecule has 8 aromatic rings. The minimum Gasteiger partial charge on any atom is -0.458 e. The molecule has 0 amide bonds. The summed E-state index contributed by atoms with van der Waals surface area (Å²) in [5.74, 6) is 3.62. The average molecular weight is 695 g/mol. The van der Waals surface area contributed by atoms with Crippen molar-refractivity contribution in [2.24, 2.45) is 7.05 Å². The monoisotopic (exact) mass is 694 g/mol. The molecule has 4 heterocycles. The van der Waals surface area contributed by atoms with Crippen molar-refractivity contribution in [1.82, 2.24) is 4.57 Å². The van der Waals surface area contributed by atoms with E-state index in [1.165, 1.54) is 58.8 Å². The Balaban J connectivity index is 1.33. The van der Waals surface area contributed by atoms with E-state index in [-0.39, 0.29) is 12.1 Å². The van der Waals surface area contributed by atoms with Crippen molar-refractivity contribution in [3.05, 3.63) is 131 Å². The Hall–Kier alpha value is -5.46. The Morgan fingerprint density at radius 2 is 1.29 bits per heavy atom. The van der Waals surface area contributed by atoms with Crippen molar-refractivity contribution in [2.45, 2.75) is 47.0 Å². The Labute approximate surface area is 308 Å². The standard InChI is InChI=1S/C46H39BN2O2S/c1-26-12-17-30(18-13-26)49(31-19-14-27(2)15-20-31)35-25-38-42(40-32-10-8-9-11-34(32)48(7)43(35)40)47-41-36(50-38)22-28(3)23-37(41)51-44-33-24-29(46(4,5)6)16-21-39(33)52-45(44)47/h8-25H,1-7H3. The third kappa shape index (κ3) is 4.53. The van der Waals surface area contributed by atoms with E-state index >= 15 is 0 Å². The molecule has 4 nitrogen and oxygen atoms in total. The molecule has 52 heavy (non-hydrogen) atoms. The fourth-order valence-corrected chi connectivity index (χ4v) is 9.62. The zero-order chi connectivity index (χ0) is 35.6. The van der Waals surface area contributed by atoms with Gasteiger partial charge in [0.2, 0.25) is 0 Å². The van der Waals surface area contributed by atoms with Gasteiger partial charge < -0.3 is 18.9 Å². The maximum Gasteiger partial charge on any atom is 0.274 e. The van der Waals surface area contributed by atoms with Crippen LogP contribution in [0, 0.1) is 20.8 Å². The minimum atomic E-state index is -0.0526. The third-order valence-corrected chi connectivity index (χ3v) is 12.2. The lowest BCUT2D eigenvalue weighted by Gasteiger charge is -2.34. The topological polar surface area (TPSA) is 26.6 Å². The van der Waals surface area contributed by atoms with E-state index in [1.54, 1.807) is 0 Å². The van der Waals surface area contributed by atoms with Crippen LogP contribution in [0.4, 0.5) is 17.1 Å². The number of para-hydroxylation sites is 1. The molecule has 0 spiro atoms. The van der Waals surface area contributed by atoms with Gasteiger partial charge in [0, 0.05) is 61.1 Å². The van der Waals surface area contributed by atoms with Crippen LogP contribution in [0.3, 0.4) is 0 Å². The van der Waals surface area contributed by atoms with Gasteiger partial charge in [0.25, 0.3) is 6.71 Å².